The Bertz CT molecular complexity index is 180. The maximum Gasteiger partial charge on any atom is 0.0606 e. The maximum atomic E-state index is 5.95. The zero-order valence-corrected chi connectivity index (χ0v) is 12.0. The lowest BCUT2D eigenvalue weighted by atomic mass is 9.63. The van der Waals surface area contributed by atoms with Gasteiger partial charge in [-0.15, -0.1) is 0 Å². The third-order valence-corrected chi connectivity index (χ3v) is 4.11. The maximum absolute atomic E-state index is 5.95. The van der Waals surface area contributed by atoms with E-state index in [1.54, 1.807) is 0 Å². The zero-order valence-electron chi connectivity index (χ0n) is 12.0. The summed E-state index contributed by atoms with van der Waals surface area (Å²) in [6.45, 7) is 18.1. The highest BCUT2D eigenvalue weighted by molar-refractivity contribution is 4.90. The first-order valence-electron chi connectivity index (χ1n) is 6.30. The summed E-state index contributed by atoms with van der Waals surface area (Å²) in [4.78, 5) is 0. The molecule has 0 aliphatic heterocycles. The molecule has 0 bridgehead atoms. The van der Waals surface area contributed by atoms with Crippen LogP contribution < -0.4 is 0 Å². The first-order chi connectivity index (χ1) is 6.65. The summed E-state index contributed by atoms with van der Waals surface area (Å²) >= 11 is 0. The number of rotatable bonds is 6. The molecular weight excluding hydrogens is 184 g/mol. The van der Waals surface area contributed by atoms with Crippen molar-refractivity contribution in [3.05, 3.63) is 0 Å². The number of hydrogen-bond acceptors (Lipinski definition) is 1. The van der Waals surface area contributed by atoms with Crippen LogP contribution in [0.4, 0.5) is 0 Å². The third-order valence-electron chi connectivity index (χ3n) is 4.11. The highest BCUT2D eigenvalue weighted by Gasteiger charge is 2.41. The van der Waals surface area contributed by atoms with Gasteiger partial charge in [0.2, 0.25) is 0 Å². The quantitative estimate of drug-likeness (QED) is 0.625. The molecule has 0 aromatic rings. The van der Waals surface area contributed by atoms with E-state index in [0.717, 1.165) is 0 Å². The summed E-state index contributed by atoms with van der Waals surface area (Å²) in [5.41, 5.74) is 0.545. The van der Waals surface area contributed by atoms with Crippen LogP contribution in [0.1, 0.15) is 68.2 Å². The van der Waals surface area contributed by atoms with E-state index in [0.29, 0.717) is 17.6 Å². The highest BCUT2D eigenvalue weighted by Crippen LogP contribution is 2.45. The molecule has 0 aliphatic rings. The summed E-state index contributed by atoms with van der Waals surface area (Å²) in [7, 11) is 0. The van der Waals surface area contributed by atoms with Crippen molar-refractivity contribution >= 4 is 0 Å². The number of hydrogen-bond donors (Lipinski definition) is 0. The average molecular weight is 214 g/mol. The van der Waals surface area contributed by atoms with E-state index in [1.165, 1.54) is 12.8 Å². The Balaban J connectivity index is 4.63. The van der Waals surface area contributed by atoms with Crippen molar-refractivity contribution in [1.82, 2.24) is 0 Å². The summed E-state index contributed by atoms with van der Waals surface area (Å²) in [5, 5.41) is 0. The van der Waals surface area contributed by atoms with Gasteiger partial charge < -0.3 is 4.74 Å². The summed E-state index contributed by atoms with van der Waals surface area (Å²) in [6, 6.07) is 0. The molecule has 0 radical (unpaired) electrons. The second-order valence-corrected chi connectivity index (χ2v) is 6.18. The highest BCUT2D eigenvalue weighted by atomic mass is 16.5. The molecule has 0 fully saturated rings. The van der Waals surface area contributed by atoms with Crippen LogP contribution in [0.2, 0.25) is 0 Å². The lowest BCUT2D eigenvalue weighted by molar-refractivity contribution is -0.0964. The van der Waals surface area contributed by atoms with Gasteiger partial charge in [-0.1, -0.05) is 41.0 Å². The predicted molar refractivity (Wildman–Crippen MR) is 68.2 cm³/mol. The Morgan fingerprint density at radius 1 is 1.00 bits per heavy atom. The lowest BCUT2D eigenvalue weighted by Crippen LogP contribution is -2.43. The SMILES string of the molecule is CCCC(C)(C)C(C)(C)C(C)OC(C)C. The zero-order chi connectivity index (χ0) is 12.3. The molecule has 15 heavy (non-hydrogen) atoms. The van der Waals surface area contributed by atoms with Crippen LogP contribution in [0.5, 0.6) is 0 Å². The van der Waals surface area contributed by atoms with Gasteiger partial charge in [0.05, 0.1) is 12.2 Å². The van der Waals surface area contributed by atoms with Crippen LogP contribution in [0.25, 0.3) is 0 Å². The van der Waals surface area contributed by atoms with E-state index >= 15 is 0 Å². The summed E-state index contributed by atoms with van der Waals surface area (Å²) in [5.74, 6) is 0. The van der Waals surface area contributed by atoms with Crippen LogP contribution in [0.15, 0.2) is 0 Å². The van der Waals surface area contributed by atoms with Gasteiger partial charge in [-0.25, -0.2) is 0 Å². The molecule has 0 amide bonds. The summed E-state index contributed by atoms with van der Waals surface area (Å²) < 4.78 is 5.95. The van der Waals surface area contributed by atoms with Crippen molar-refractivity contribution in [1.29, 1.82) is 0 Å². The number of ether oxygens (including phenoxy) is 1. The van der Waals surface area contributed by atoms with Crippen molar-refractivity contribution in [3.8, 4) is 0 Å². The molecule has 0 saturated carbocycles. The Kier molecular flexibility index (Phi) is 5.32. The minimum Gasteiger partial charge on any atom is -0.375 e. The van der Waals surface area contributed by atoms with Crippen molar-refractivity contribution in [3.63, 3.8) is 0 Å². The monoisotopic (exact) mass is 214 g/mol. The first-order valence-corrected chi connectivity index (χ1v) is 6.30. The Morgan fingerprint density at radius 3 is 1.80 bits per heavy atom. The minimum atomic E-state index is 0.216. The standard InChI is InChI=1S/C14H30O/c1-9-10-13(5,6)14(7,8)12(4)15-11(2)3/h11-12H,9-10H2,1-8H3. The van der Waals surface area contributed by atoms with E-state index < -0.39 is 0 Å². The van der Waals surface area contributed by atoms with Gasteiger partial charge >= 0.3 is 0 Å². The third kappa shape index (κ3) is 3.79. The van der Waals surface area contributed by atoms with Crippen molar-refractivity contribution in [2.75, 3.05) is 0 Å². The van der Waals surface area contributed by atoms with Crippen LogP contribution in [0.3, 0.4) is 0 Å². The second kappa shape index (κ2) is 5.34. The van der Waals surface area contributed by atoms with Crippen molar-refractivity contribution in [2.45, 2.75) is 80.4 Å². The van der Waals surface area contributed by atoms with E-state index in [1.807, 2.05) is 0 Å². The van der Waals surface area contributed by atoms with Crippen molar-refractivity contribution in [2.24, 2.45) is 10.8 Å². The molecule has 0 saturated heterocycles. The van der Waals surface area contributed by atoms with Crippen molar-refractivity contribution < 1.29 is 4.74 Å². The van der Waals surface area contributed by atoms with Gasteiger partial charge in [0.25, 0.3) is 0 Å². The van der Waals surface area contributed by atoms with Crippen LogP contribution in [0, 0.1) is 10.8 Å². The molecule has 1 atom stereocenters. The molecule has 1 heteroatoms. The molecule has 1 nitrogen and oxygen atoms in total. The van der Waals surface area contributed by atoms with E-state index in [9.17, 15) is 0 Å². The Labute approximate surface area is 96.6 Å². The van der Waals surface area contributed by atoms with E-state index in [4.69, 9.17) is 4.74 Å². The fourth-order valence-corrected chi connectivity index (χ4v) is 2.08. The van der Waals surface area contributed by atoms with Gasteiger partial charge in [-0.05, 0) is 38.0 Å². The largest absolute Gasteiger partial charge is 0.375 e. The van der Waals surface area contributed by atoms with Gasteiger partial charge in [0, 0.05) is 0 Å². The molecule has 0 N–H and O–H groups in total. The molecule has 0 aliphatic carbocycles. The first kappa shape index (κ1) is 15.0. The Morgan fingerprint density at radius 2 is 1.47 bits per heavy atom. The van der Waals surface area contributed by atoms with E-state index in [-0.39, 0.29) is 5.41 Å². The van der Waals surface area contributed by atoms with Gasteiger partial charge in [-0.2, -0.15) is 0 Å². The fraction of sp³-hybridized carbons (Fsp3) is 1.00. The molecule has 92 valence electrons. The van der Waals surface area contributed by atoms with Gasteiger partial charge in [0.1, 0.15) is 0 Å². The predicted octanol–water partition coefficient (Wildman–Crippen LogP) is 4.65. The topological polar surface area (TPSA) is 9.23 Å². The second-order valence-electron chi connectivity index (χ2n) is 6.18. The molecule has 0 rings (SSSR count). The molecule has 0 aromatic heterocycles. The molecule has 0 spiro atoms. The van der Waals surface area contributed by atoms with Crippen LogP contribution in [-0.2, 0) is 4.74 Å². The lowest BCUT2D eigenvalue weighted by Gasteiger charge is -2.46. The summed E-state index contributed by atoms with van der Waals surface area (Å²) in [6.07, 6.45) is 3.12. The Hall–Kier alpha value is -0.0400. The van der Waals surface area contributed by atoms with Gasteiger partial charge in [0.15, 0.2) is 0 Å². The normalized spacial score (nSPS) is 15.8. The van der Waals surface area contributed by atoms with Crippen LogP contribution in [-0.4, -0.2) is 12.2 Å². The molecular formula is C14H30O. The van der Waals surface area contributed by atoms with Gasteiger partial charge in [-0.3, -0.25) is 0 Å². The molecule has 0 heterocycles. The molecule has 1 unspecified atom stereocenters. The minimum absolute atomic E-state index is 0.216. The average Bonchev–Trinajstić information content (AvgIpc) is 2.02. The fourth-order valence-electron chi connectivity index (χ4n) is 2.08. The van der Waals surface area contributed by atoms with E-state index in [2.05, 4.69) is 55.4 Å². The van der Waals surface area contributed by atoms with Crippen LogP contribution >= 0.6 is 0 Å². The molecule has 0 aromatic carbocycles. The smallest absolute Gasteiger partial charge is 0.0606 e.